The van der Waals surface area contributed by atoms with Crippen molar-refractivity contribution in [3.05, 3.63) is 0 Å². The predicted octanol–water partition coefficient (Wildman–Crippen LogP) is 1.71. The summed E-state index contributed by atoms with van der Waals surface area (Å²) in [5, 5.41) is 3.16. The summed E-state index contributed by atoms with van der Waals surface area (Å²) in [7, 11) is 0. The lowest BCUT2D eigenvalue weighted by molar-refractivity contribution is -0.128. The molecule has 0 aromatic carbocycles. The minimum atomic E-state index is 0.0392. The van der Waals surface area contributed by atoms with Crippen molar-refractivity contribution in [2.45, 2.75) is 63.2 Å². The van der Waals surface area contributed by atoms with E-state index in [1.54, 1.807) is 4.90 Å². The summed E-state index contributed by atoms with van der Waals surface area (Å²) in [5.74, 6) is 0.0941. The van der Waals surface area contributed by atoms with Gasteiger partial charge in [-0.25, -0.2) is 0 Å². The van der Waals surface area contributed by atoms with Crippen molar-refractivity contribution in [1.82, 2.24) is 10.2 Å². The number of amides is 2. The van der Waals surface area contributed by atoms with Crippen molar-refractivity contribution < 1.29 is 14.4 Å². The Hall–Kier alpha value is -1.04. The molecule has 1 aliphatic carbocycles. The fourth-order valence-corrected chi connectivity index (χ4v) is 4.00. The first-order chi connectivity index (χ1) is 10.0. The standard InChI is InChI=1S/C15H24N2O3S/c1-11(18)21-13-9-15(20)17(10-13)8-7-14(19)16-12-5-3-2-4-6-12/h12-13H,2-10H2,1H3,(H,16,19). The normalized spacial score (nSPS) is 23.4. The van der Waals surface area contributed by atoms with Crippen LogP contribution in [0.25, 0.3) is 0 Å². The first-order valence-corrected chi connectivity index (χ1v) is 8.67. The quantitative estimate of drug-likeness (QED) is 0.839. The van der Waals surface area contributed by atoms with Gasteiger partial charge in [-0.3, -0.25) is 14.4 Å². The smallest absolute Gasteiger partial charge is 0.223 e. The summed E-state index contributed by atoms with van der Waals surface area (Å²) in [5.41, 5.74) is 0. The second kappa shape index (κ2) is 7.82. The lowest BCUT2D eigenvalue weighted by Crippen LogP contribution is -2.38. The van der Waals surface area contributed by atoms with Gasteiger partial charge in [-0.15, -0.1) is 0 Å². The maximum Gasteiger partial charge on any atom is 0.223 e. The number of thioether (sulfide) groups is 1. The third-order valence-electron chi connectivity index (χ3n) is 4.09. The van der Waals surface area contributed by atoms with Gasteiger partial charge < -0.3 is 10.2 Å². The molecule has 0 bridgehead atoms. The average Bonchev–Trinajstić information content (AvgIpc) is 2.77. The lowest BCUT2D eigenvalue weighted by Gasteiger charge is -2.23. The van der Waals surface area contributed by atoms with Gasteiger partial charge in [0.2, 0.25) is 11.8 Å². The zero-order valence-corrected chi connectivity index (χ0v) is 13.4. The van der Waals surface area contributed by atoms with Crippen LogP contribution >= 0.6 is 11.8 Å². The second-order valence-corrected chi connectivity index (χ2v) is 7.41. The predicted molar refractivity (Wildman–Crippen MR) is 82.9 cm³/mol. The van der Waals surface area contributed by atoms with Gasteiger partial charge in [-0.2, -0.15) is 0 Å². The van der Waals surface area contributed by atoms with Crippen LogP contribution in [0.2, 0.25) is 0 Å². The number of hydrogen-bond donors (Lipinski definition) is 1. The molecule has 1 atom stereocenters. The number of nitrogens with one attached hydrogen (secondary N) is 1. The number of nitrogens with zero attached hydrogens (tertiary/aromatic N) is 1. The molecular weight excluding hydrogens is 288 g/mol. The van der Waals surface area contributed by atoms with E-state index < -0.39 is 0 Å². The average molecular weight is 312 g/mol. The minimum Gasteiger partial charge on any atom is -0.353 e. The molecule has 21 heavy (non-hydrogen) atoms. The van der Waals surface area contributed by atoms with E-state index in [9.17, 15) is 14.4 Å². The van der Waals surface area contributed by atoms with Gasteiger partial charge in [0.05, 0.1) is 0 Å². The number of likely N-dealkylation sites (tertiary alicyclic amines) is 1. The second-order valence-electron chi connectivity index (χ2n) is 5.93. The Morgan fingerprint density at radius 2 is 2.00 bits per heavy atom. The molecule has 2 aliphatic rings. The molecule has 2 fully saturated rings. The van der Waals surface area contributed by atoms with E-state index >= 15 is 0 Å². The molecule has 2 amide bonds. The van der Waals surface area contributed by atoms with Crippen molar-refractivity contribution in [2.24, 2.45) is 0 Å². The SMILES string of the molecule is CC(=O)SC1CC(=O)N(CCC(=O)NC2CCCCC2)C1. The van der Waals surface area contributed by atoms with E-state index in [4.69, 9.17) is 0 Å². The number of carbonyl (C=O) groups is 3. The Morgan fingerprint density at radius 3 is 2.67 bits per heavy atom. The summed E-state index contributed by atoms with van der Waals surface area (Å²) in [6.45, 7) is 2.57. The van der Waals surface area contributed by atoms with Crippen LogP contribution in [0.5, 0.6) is 0 Å². The minimum absolute atomic E-state index is 0.0392. The molecule has 1 saturated carbocycles. The lowest BCUT2D eigenvalue weighted by atomic mass is 9.95. The van der Waals surface area contributed by atoms with Crippen LogP contribution in [-0.2, 0) is 14.4 Å². The largest absolute Gasteiger partial charge is 0.353 e. The molecule has 5 nitrogen and oxygen atoms in total. The third kappa shape index (κ3) is 5.34. The van der Waals surface area contributed by atoms with Gasteiger partial charge in [0.15, 0.2) is 5.12 Å². The Bertz CT molecular complexity index is 408. The van der Waals surface area contributed by atoms with Crippen LogP contribution < -0.4 is 5.32 Å². The Morgan fingerprint density at radius 1 is 1.29 bits per heavy atom. The summed E-state index contributed by atoms with van der Waals surface area (Å²) in [6.07, 6.45) is 6.58. The first kappa shape index (κ1) is 16.3. The highest BCUT2D eigenvalue weighted by Gasteiger charge is 2.31. The van der Waals surface area contributed by atoms with Crippen LogP contribution in [0.3, 0.4) is 0 Å². The highest BCUT2D eigenvalue weighted by atomic mass is 32.2. The molecule has 1 aliphatic heterocycles. The van der Waals surface area contributed by atoms with E-state index in [2.05, 4.69) is 5.32 Å². The van der Waals surface area contributed by atoms with Crippen LogP contribution in [0.1, 0.15) is 51.9 Å². The molecule has 0 spiro atoms. The van der Waals surface area contributed by atoms with Crippen molar-refractivity contribution in [3.63, 3.8) is 0 Å². The first-order valence-electron chi connectivity index (χ1n) is 7.79. The van der Waals surface area contributed by atoms with Crippen molar-refractivity contribution in [2.75, 3.05) is 13.1 Å². The van der Waals surface area contributed by atoms with E-state index in [0.29, 0.717) is 32.0 Å². The monoisotopic (exact) mass is 312 g/mol. The third-order valence-corrected chi connectivity index (χ3v) is 5.07. The van der Waals surface area contributed by atoms with Gasteiger partial charge in [0.1, 0.15) is 0 Å². The maximum absolute atomic E-state index is 11.9. The van der Waals surface area contributed by atoms with E-state index in [1.165, 1.54) is 37.9 Å². The molecule has 2 rings (SSSR count). The van der Waals surface area contributed by atoms with Crippen LogP contribution in [0.15, 0.2) is 0 Å². The van der Waals surface area contributed by atoms with Crippen molar-refractivity contribution in [3.8, 4) is 0 Å². The molecule has 0 radical (unpaired) electrons. The van der Waals surface area contributed by atoms with Gasteiger partial charge in [-0.05, 0) is 12.8 Å². The highest BCUT2D eigenvalue weighted by Crippen LogP contribution is 2.24. The molecule has 6 heteroatoms. The number of rotatable bonds is 5. The fraction of sp³-hybridized carbons (Fsp3) is 0.800. The molecule has 1 heterocycles. The zero-order valence-electron chi connectivity index (χ0n) is 12.6. The summed E-state index contributed by atoms with van der Waals surface area (Å²) in [6, 6.07) is 0.321. The Kier molecular flexibility index (Phi) is 6.08. The van der Waals surface area contributed by atoms with E-state index in [1.807, 2.05) is 0 Å². The van der Waals surface area contributed by atoms with Gasteiger partial charge >= 0.3 is 0 Å². The number of hydrogen-bond acceptors (Lipinski definition) is 4. The van der Waals surface area contributed by atoms with Crippen molar-refractivity contribution in [1.29, 1.82) is 0 Å². The Labute approximate surface area is 130 Å². The van der Waals surface area contributed by atoms with E-state index in [0.717, 1.165) is 12.8 Å². The Balaban J connectivity index is 1.68. The van der Waals surface area contributed by atoms with Gasteiger partial charge in [-0.1, -0.05) is 31.0 Å². The molecule has 1 saturated heterocycles. The molecule has 0 aromatic heterocycles. The molecular formula is C15H24N2O3S. The van der Waals surface area contributed by atoms with Crippen LogP contribution in [0.4, 0.5) is 0 Å². The molecule has 1 N–H and O–H groups in total. The summed E-state index contributed by atoms with van der Waals surface area (Å²) < 4.78 is 0. The summed E-state index contributed by atoms with van der Waals surface area (Å²) in [4.78, 5) is 36.5. The molecule has 1 unspecified atom stereocenters. The highest BCUT2D eigenvalue weighted by molar-refractivity contribution is 8.14. The van der Waals surface area contributed by atoms with Crippen LogP contribution in [0, 0.1) is 0 Å². The maximum atomic E-state index is 11.9. The summed E-state index contributed by atoms with van der Waals surface area (Å²) >= 11 is 1.23. The molecule has 118 valence electrons. The van der Waals surface area contributed by atoms with Crippen molar-refractivity contribution >= 4 is 28.7 Å². The molecule has 0 aromatic rings. The number of carbonyl (C=O) groups excluding carboxylic acids is 3. The fourth-order valence-electron chi connectivity index (χ4n) is 3.05. The van der Waals surface area contributed by atoms with Gasteiger partial charge in [0.25, 0.3) is 0 Å². The topological polar surface area (TPSA) is 66.5 Å². The van der Waals surface area contributed by atoms with Gasteiger partial charge in [0, 0.05) is 44.1 Å². The van der Waals surface area contributed by atoms with E-state index in [-0.39, 0.29) is 22.2 Å². The van der Waals surface area contributed by atoms with Crippen LogP contribution in [-0.4, -0.2) is 46.2 Å². The zero-order chi connectivity index (χ0) is 15.2.